The quantitative estimate of drug-likeness (QED) is 0.330. The van der Waals surface area contributed by atoms with Crippen molar-refractivity contribution in [3.8, 4) is 23.1 Å². The number of methoxy groups -OCH3 is 3. The van der Waals surface area contributed by atoms with Crippen LogP contribution in [0.4, 0.5) is 4.39 Å². The van der Waals surface area contributed by atoms with Gasteiger partial charge in [-0.2, -0.15) is 4.98 Å². The first-order valence-corrected chi connectivity index (χ1v) is 14.5. The van der Waals surface area contributed by atoms with E-state index in [0.717, 1.165) is 40.9 Å². The molecular weight excluding hydrogens is 539 g/mol. The first-order chi connectivity index (χ1) is 20.2. The Morgan fingerprint density at radius 3 is 2.55 bits per heavy atom. The number of pyridine rings is 1. The minimum Gasteiger partial charge on any atom is -0.494 e. The van der Waals surface area contributed by atoms with Crippen molar-refractivity contribution in [3.05, 3.63) is 35.9 Å². The summed E-state index contributed by atoms with van der Waals surface area (Å²) >= 11 is 0. The van der Waals surface area contributed by atoms with Crippen molar-refractivity contribution < 1.29 is 23.4 Å². The summed E-state index contributed by atoms with van der Waals surface area (Å²) in [5.41, 5.74) is 9.48. The summed E-state index contributed by atoms with van der Waals surface area (Å²) in [6.07, 6.45) is 0.973. The van der Waals surface area contributed by atoms with Crippen molar-refractivity contribution in [2.75, 3.05) is 34.4 Å². The number of benzene rings is 1. The second-order valence-corrected chi connectivity index (χ2v) is 11.9. The first-order valence-electron chi connectivity index (χ1n) is 14.5. The van der Waals surface area contributed by atoms with Gasteiger partial charge in [-0.25, -0.2) is 9.37 Å². The number of carbonyl (C=O) groups excluding carboxylic acids is 1. The van der Waals surface area contributed by atoms with Crippen molar-refractivity contribution in [3.63, 3.8) is 0 Å². The van der Waals surface area contributed by atoms with E-state index in [4.69, 9.17) is 29.9 Å². The number of hydrogen-bond acceptors (Lipinski definition) is 7. The predicted octanol–water partition coefficient (Wildman–Crippen LogP) is 4.42. The average Bonchev–Trinajstić information content (AvgIpc) is 3.51. The standard InChI is InChI=1S/C31H39FN6O4/c1-6-37-24(10-19-7-8-26(41-4)35-28(19)37)29-34-23-9-20(30(39)36-16-21(32)12-22(33)17-36)11-25(40-3)27(23)38(29)15-18-13-31(2,14-18)42-5/h7-11,18,21-22H,6,12-17,33H2,1-5H3/t18?,21-,22-,31?/m1/s1. The van der Waals surface area contributed by atoms with Gasteiger partial charge in [-0.05, 0) is 63.3 Å². The third-order valence-electron chi connectivity index (χ3n) is 8.84. The highest BCUT2D eigenvalue weighted by Crippen LogP contribution is 2.43. The Morgan fingerprint density at radius 1 is 1.10 bits per heavy atom. The predicted molar refractivity (Wildman–Crippen MR) is 159 cm³/mol. The van der Waals surface area contributed by atoms with Crippen LogP contribution in [0.25, 0.3) is 33.6 Å². The largest absolute Gasteiger partial charge is 0.494 e. The van der Waals surface area contributed by atoms with Crippen molar-refractivity contribution in [2.24, 2.45) is 11.7 Å². The Balaban J connectivity index is 1.50. The molecule has 4 heterocycles. The lowest BCUT2D eigenvalue weighted by atomic mass is 9.72. The molecular formula is C31H39FN6O4. The van der Waals surface area contributed by atoms with Gasteiger partial charge in [-0.3, -0.25) is 4.79 Å². The molecule has 1 saturated heterocycles. The number of halogens is 1. The maximum atomic E-state index is 14.3. The molecule has 10 nitrogen and oxygen atoms in total. The maximum absolute atomic E-state index is 14.3. The molecule has 1 saturated carbocycles. The molecule has 2 aliphatic rings. The number of alkyl halides is 1. The number of nitrogens with two attached hydrogens (primary N) is 1. The van der Waals surface area contributed by atoms with Gasteiger partial charge in [-0.1, -0.05) is 0 Å². The summed E-state index contributed by atoms with van der Waals surface area (Å²) in [5.74, 6) is 1.95. The summed E-state index contributed by atoms with van der Waals surface area (Å²) < 4.78 is 35.7. The molecule has 224 valence electrons. The Bertz CT molecular complexity index is 1630. The third-order valence-corrected chi connectivity index (χ3v) is 8.84. The van der Waals surface area contributed by atoms with E-state index in [0.29, 0.717) is 48.3 Å². The van der Waals surface area contributed by atoms with E-state index in [1.54, 1.807) is 33.5 Å². The number of nitrogens with zero attached hydrogens (tertiary/aromatic N) is 5. The van der Waals surface area contributed by atoms with E-state index < -0.39 is 12.2 Å². The summed E-state index contributed by atoms with van der Waals surface area (Å²) in [6.45, 7) is 5.93. The minimum atomic E-state index is -1.14. The summed E-state index contributed by atoms with van der Waals surface area (Å²) in [6, 6.07) is 9.08. The molecule has 6 rings (SSSR count). The molecule has 1 aliphatic heterocycles. The second kappa shape index (κ2) is 10.9. The number of likely N-dealkylation sites (tertiary alicyclic amines) is 1. The van der Waals surface area contributed by atoms with E-state index in [9.17, 15) is 9.18 Å². The van der Waals surface area contributed by atoms with Gasteiger partial charge in [-0.15, -0.1) is 0 Å². The number of ether oxygens (including phenoxy) is 3. The second-order valence-electron chi connectivity index (χ2n) is 11.9. The van der Waals surface area contributed by atoms with Gasteiger partial charge in [0.1, 0.15) is 23.1 Å². The zero-order valence-corrected chi connectivity index (χ0v) is 24.9. The highest BCUT2D eigenvalue weighted by Gasteiger charge is 2.41. The van der Waals surface area contributed by atoms with E-state index in [1.165, 1.54) is 4.90 Å². The molecule has 4 aromatic rings. The molecule has 2 N–H and O–H groups in total. The Labute approximate surface area is 244 Å². The number of fused-ring (bicyclic) bond motifs is 2. The lowest BCUT2D eigenvalue weighted by Gasteiger charge is -2.44. The van der Waals surface area contributed by atoms with Crippen LogP contribution in [-0.4, -0.2) is 82.1 Å². The molecule has 2 fully saturated rings. The maximum Gasteiger partial charge on any atom is 0.254 e. The molecule has 0 unspecified atom stereocenters. The van der Waals surface area contributed by atoms with Crippen molar-refractivity contribution in [1.82, 2.24) is 24.0 Å². The highest BCUT2D eigenvalue weighted by molar-refractivity contribution is 6.00. The Hall–Kier alpha value is -3.70. The molecule has 1 amide bonds. The number of carbonyl (C=O) groups is 1. The average molecular weight is 579 g/mol. The number of hydrogen-bond donors (Lipinski definition) is 1. The number of aryl methyl sites for hydroxylation is 1. The smallest absolute Gasteiger partial charge is 0.254 e. The first kappa shape index (κ1) is 28.4. The monoisotopic (exact) mass is 578 g/mol. The number of aromatic nitrogens is 4. The molecule has 11 heteroatoms. The molecule has 3 aromatic heterocycles. The fourth-order valence-electron chi connectivity index (χ4n) is 6.75. The van der Waals surface area contributed by atoms with E-state index in [2.05, 4.69) is 29.0 Å². The van der Waals surface area contributed by atoms with E-state index in [-0.39, 0.29) is 24.5 Å². The van der Waals surface area contributed by atoms with Crippen LogP contribution in [0.1, 0.15) is 43.5 Å². The summed E-state index contributed by atoms with van der Waals surface area (Å²) in [4.78, 5) is 24.9. The fourth-order valence-corrected chi connectivity index (χ4v) is 6.75. The highest BCUT2D eigenvalue weighted by atomic mass is 19.1. The molecule has 2 atom stereocenters. The van der Waals surface area contributed by atoms with Crippen LogP contribution in [0.3, 0.4) is 0 Å². The van der Waals surface area contributed by atoms with Gasteiger partial charge in [0, 0.05) is 49.8 Å². The van der Waals surface area contributed by atoms with Crippen molar-refractivity contribution >= 4 is 28.0 Å². The lowest BCUT2D eigenvalue weighted by molar-refractivity contribution is -0.0937. The molecule has 1 aromatic carbocycles. The molecule has 0 bridgehead atoms. The molecule has 0 spiro atoms. The van der Waals surface area contributed by atoms with Crippen LogP contribution in [0.2, 0.25) is 0 Å². The van der Waals surface area contributed by atoms with Gasteiger partial charge in [0.05, 0.1) is 37.6 Å². The minimum absolute atomic E-state index is 0.0274. The van der Waals surface area contributed by atoms with Gasteiger partial charge in [0.25, 0.3) is 5.91 Å². The number of amides is 1. The van der Waals surface area contributed by atoms with Gasteiger partial charge < -0.3 is 34.0 Å². The van der Waals surface area contributed by atoms with Gasteiger partial charge in [0.15, 0.2) is 5.82 Å². The van der Waals surface area contributed by atoms with Crippen molar-refractivity contribution in [2.45, 2.75) is 64.0 Å². The SMILES string of the molecule is CCn1c(-c2nc3cc(C(=O)N4C[C@H](N)C[C@@H](F)C4)cc(OC)c3n2CC2CC(C)(OC)C2)cc2ccc(OC)nc21. The zero-order chi connectivity index (χ0) is 29.8. The van der Waals surface area contributed by atoms with E-state index >= 15 is 0 Å². The van der Waals surface area contributed by atoms with Crippen LogP contribution in [-0.2, 0) is 17.8 Å². The number of rotatable bonds is 8. The fraction of sp³-hybridized carbons (Fsp3) is 0.516. The number of imidazole rings is 1. The van der Waals surface area contributed by atoms with Gasteiger partial charge >= 0.3 is 0 Å². The van der Waals surface area contributed by atoms with Crippen LogP contribution in [0, 0.1) is 5.92 Å². The number of piperidine rings is 1. The normalized spacial score (nSPS) is 24.3. The molecule has 0 radical (unpaired) electrons. The lowest BCUT2D eigenvalue weighted by Crippen LogP contribution is -2.50. The van der Waals surface area contributed by atoms with E-state index in [1.807, 2.05) is 12.1 Å². The van der Waals surface area contributed by atoms with Gasteiger partial charge in [0.2, 0.25) is 5.88 Å². The molecule has 1 aliphatic carbocycles. The Kier molecular flexibility index (Phi) is 7.34. The Morgan fingerprint density at radius 2 is 1.88 bits per heavy atom. The summed E-state index contributed by atoms with van der Waals surface area (Å²) in [7, 11) is 4.97. The van der Waals surface area contributed by atoms with Crippen LogP contribution < -0.4 is 15.2 Å². The topological polar surface area (TPSA) is 110 Å². The zero-order valence-electron chi connectivity index (χ0n) is 24.9. The van der Waals surface area contributed by atoms with Crippen molar-refractivity contribution in [1.29, 1.82) is 0 Å². The van der Waals surface area contributed by atoms with Crippen LogP contribution >= 0.6 is 0 Å². The third kappa shape index (κ3) is 4.88. The van der Waals surface area contributed by atoms with Crippen LogP contribution in [0.5, 0.6) is 11.6 Å². The molecule has 42 heavy (non-hydrogen) atoms. The van der Waals surface area contributed by atoms with Crippen LogP contribution in [0.15, 0.2) is 30.3 Å². The summed E-state index contributed by atoms with van der Waals surface area (Å²) in [5, 5.41) is 0.979.